The first-order valence-electron chi connectivity index (χ1n) is 5.87. The molecule has 2 N–H and O–H groups in total. The van der Waals surface area contributed by atoms with E-state index in [0.29, 0.717) is 10.6 Å². The summed E-state index contributed by atoms with van der Waals surface area (Å²) in [4.78, 5) is 11.9. The highest BCUT2D eigenvalue weighted by molar-refractivity contribution is 6.37. The Kier molecular flexibility index (Phi) is 5.89. The molecule has 0 radical (unpaired) electrons. The van der Waals surface area contributed by atoms with Crippen molar-refractivity contribution in [1.29, 1.82) is 0 Å². The fourth-order valence-electron chi connectivity index (χ4n) is 1.75. The summed E-state index contributed by atoms with van der Waals surface area (Å²) in [5.74, 6) is -0.465. The molecule has 1 aromatic carbocycles. The predicted octanol–water partition coefficient (Wildman–Crippen LogP) is -0.724. The van der Waals surface area contributed by atoms with E-state index in [1.807, 2.05) is 17.8 Å². The number of carbonyl (C=O) groups is 1. The van der Waals surface area contributed by atoms with Crippen molar-refractivity contribution in [3.8, 4) is 5.75 Å². The lowest BCUT2D eigenvalue weighted by Gasteiger charge is -2.11. The van der Waals surface area contributed by atoms with E-state index in [9.17, 15) is 9.90 Å². The van der Waals surface area contributed by atoms with Crippen LogP contribution >= 0.6 is 23.2 Å². The van der Waals surface area contributed by atoms with Crippen LogP contribution in [0.5, 0.6) is 5.75 Å². The highest BCUT2D eigenvalue weighted by atomic mass is 35.5. The number of benzene rings is 1. The number of halogens is 3. The Bertz CT molecular complexity index is 671. The number of phenols is 1. The summed E-state index contributed by atoms with van der Waals surface area (Å²) in [6, 6.07) is 1.48. The van der Waals surface area contributed by atoms with Gasteiger partial charge < -0.3 is 22.8 Å². The second kappa shape index (κ2) is 7.02. The van der Waals surface area contributed by atoms with E-state index >= 15 is 0 Å². The van der Waals surface area contributed by atoms with Crippen LogP contribution in [-0.4, -0.2) is 15.6 Å². The molecule has 0 atom stereocenters. The average Bonchev–Trinajstić information content (AvgIpc) is 2.78. The number of anilines is 1. The van der Waals surface area contributed by atoms with Crippen molar-refractivity contribution in [2.45, 2.75) is 13.5 Å². The van der Waals surface area contributed by atoms with Crippen LogP contribution in [-0.2, 0) is 18.4 Å². The topological polar surface area (TPSA) is 58.1 Å². The van der Waals surface area contributed by atoms with Crippen LogP contribution in [0.15, 0.2) is 24.8 Å². The standard InChI is InChI=1S/C13H13Cl2N3O2.ClH/c1-8-9(14)5-10(13(20)12(8)15)16-11(19)6-18-4-3-17(2)7-18;/h3-5,7H,6H2,1-2H3,(H-,16,19,20);1H. The fourth-order valence-corrected chi connectivity index (χ4v) is 2.21. The molecular formula is C13H14Cl3N3O2. The maximum Gasteiger partial charge on any atom is 0.266 e. The smallest absolute Gasteiger partial charge is 0.266 e. The quantitative estimate of drug-likeness (QED) is 0.567. The molecule has 0 fully saturated rings. The Morgan fingerprint density at radius 2 is 2.14 bits per heavy atom. The van der Waals surface area contributed by atoms with E-state index < -0.39 is 0 Å². The molecule has 0 aliphatic rings. The number of nitrogens with one attached hydrogen (secondary N) is 1. The molecule has 1 aromatic heterocycles. The van der Waals surface area contributed by atoms with Gasteiger partial charge >= 0.3 is 0 Å². The number of phenolic OH excluding ortho intramolecular Hbond substituents is 1. The van der Waals surface area contributed by atoms with E-state index in [0.717, 1.165) is 0 Å². The second-order valence-electron chi connectivity index (χ2n) is 4.49. The van der Waals surface area contributed by atoms with Crippen LogP contribution in [0.1, 0.15) is 5.56 Å². The molecule has 2 aromatic rings. The van der Waals surface area contributed by atoms with Crippen LogP contribution < -0.4 is 22.3 Å². The Hall–Kier alpha value is -1.43. The van der Waals surface area contributed by atoms with Crippen LogP contribution in [0.4, 0.5) is 5.69 Å². The molecule has 2 rings (SSSR count). The normalized spacial score (nSPS) is 10.1. The van der Waals surface area contributed by atoms with Gasteiger partial charge in [0.1, 0.15) is 12.4 Å². The lowest BCUT2D eigenvalue weighted by Crippen LogP contribution is -3.00. The van der Waals surface area contributed by atoms with Crippen LogP contribution in [0.25, 0.3) is 0 Å². The Balaban J connectivity index is 0.00000220. The van der Waals surface area contributed by atoms with Crippen LogP contribution in [0.2, 0.25) is 10.0 Å². The Labute approximate surface area is 138 Å². The third-order valence-electron chi connectivity index (χ3n) is 2.85. The number of rotatable bonds is 3. The van der Waals surface area contributed by atoms with Gasteiger partial charge in [-0.15, -0.1) is 0 Å². The second-order valence-corrected chi connectivity index (χ2v) is 5.28. The fraction of sp³-hybridized carbons (Fsp3) is 0.231. The highest BCUT2D eigenvalue weighted by Gasteiger charge is 2.15. The minimum absolute atomic E-state index is 0. The molecule has 0 saturated carbocycles. The van der Waals surface area contributed by atoms with E-state index in [-0.39, 0.29) is 41.3 Å². The molecule has 21 heavy (non-hydrogen) atoms. The van der Waals surface area contributed by atoms with Gasteiger partial charge in [0.05, 0.1) is 17.8 Å². The lowest BCUT2D eigenvalue weighted by molar-refractivity contribution is -0.671. The molecule has 0 spiro atoms. The van der Waals surface area contributed by atoms with Gasteiger partial charge in [0.25, 0.3) is 5.91 Å². The summed E-state index contributed by atoms with van der Waals surface area (Å²) in [6.07, 6.45) is 5.37. The number of nitrogens with zero attached hydrogens (tertiary/aromatic N) is 2. The maximum absolute atomic E-state index is 11.9. The van der Waals surface area contributed by atoms with Crippen LogP contribution in [0, 0.1) is 6.92 Å². The molecule has 0 aliphatic carbocycles. The van der Waals surface area contributed by atoms with Crippen molar-refractivity contribution in [1.82, 2.24) is 4.57 Å². The molecule has 1 heterocycles. The Morgan fingerprint density at radius 1 is 1.48 bits per heavy atom. The molecule has 0 saturated heterocycles. The van der Waals surface area contributed by atoms with Gasteiger partial charge in [-0.25, -0.2) is 9.13 Å². The van der Waals surface area contributed by atoms with Crippen molar-refractivity contribution in [3.05, 3.63) is 40.4 Å². The first-order chi connectivity index (χ1) is 9.38. The zero-order valence-electron chi connectivity index (χ0n) is 11.4. The summed E-state index contributed by atoms with van der Waals surface area (Å²) < 4.78 is 3.54. The zero-order valence-corrected chi connectivity index (χ0v) is 13.7. The number of carbonyl (C=O) groups excluding carboxylic acids is 1. The molecule has 0 unspecified atom stereocenters. The number of hydrogen-bond donors (Lipinski definition) is 2. The van der Waals surface area contributed by atoms with Gasteiger partial charge in [-0.2, -0.15) is 0 Å². The summed E-state index contributed by atoms with van der Waals surface area (Å²) in [6.45, 7) is 1.82. The van der Waals surface area contributed by atoms with Gasteiger partial charge in [-0.05, 0) is 18.6 Å². The molecule has 8 heteroatoms. The minimum Gasteiger partial charge on any atom is -1.00 e. The molecular weight excluding hydrogens is 337 g/mol. The van der Waals surface area contributed by atoms with Crippen molar-refractivity contribution in [2.75, 3.05) is 5.32 Å². The summed E-state index contributed by atoms with van der Waals surface area (Å²) in [5, 5.41) is 13.0. The van der Waals surface area contributed by atoms with Crippen LogP contribution in [0.3, 0.4) is 0 Å². The number of hydrogen-bond acceptors (Lipinski definition) is 2. The third-order valence-corrected chi connectivity index (χ3v) is 3.70. The molecule has 5 nitrogen and oxygen atoms in total. The number of aromatic hydroxyl groups is 1. The first-order valence-corrected chi connectivity index (χ1v) is 6.62. The highest BCUT2D eigenvalue weighted by Crippen LogP contribution is 2.38. The van der Waals surface area contributed by atoms with E-state index in [1.54, 1.807) is 24.0 Å². The van der Waals surface area contributed by atoms with Crippen molar-refractivity contribution < 1.29 is 26.9 Å². The molecule has 114 valence electrons. The minimum atomic E-state index is -0.285. The summed E-state index contributed by atoms with van der Waals surface area (Å²) >= 11 is 11.9. The van der Waals surface area contributed by atoms with Gasteiger partial charge in [-0.1, -0.05) is 23.2 Å². The number of aryl methyl sites for hydroxylation is 1. The zero-order chi connectivity index (χ0) is 14.9. The Morgan fingerprint density at radius 3 is 2.71 bits per heavy atom. The maximum atomic E-state index is 11.9. The lowest BCUT2D eigenvalue weighted by atomic mass is 10.2. The monoisotopic (exact) mass is 349 g/mol. The third kappa shape index (κ3) is 4.03. The summed E-state index contributed by atoms with van der Waals surface area (Å²) in [7, 11) is 1.86. The number of amides is 1. The van der Waals surface area contributed by atoms with Gasteiger partial charge in [-0.3, -0.25) is 4.79 Å². The van der Waals surface area contributed by atoms with E-state index in [2.05, 4.69) is 5.32 Å². The molecule has 1 amide bonds. The van der Waals surface area contributed by atoms with Gasteiger partial charge in [0.2, 0.25) is 6.33 Å². The average molecular weight is 351 g/mol. The summed E-state index contributed by atoms with van der Waals surface area (Å²) in [5.41, 5.74) is 0.772. The van der Waals surface area contributed by atoms with E-state index in [4.69, 9.17) is 23.2 Å². The van der Waals surface area contributed by atoms with Gasteiger partial charge in [0.15, 0.2) is 12.3 Å². The molecule has 0 aliphatic heterocycles. The van der Waals surface area contributed by atoms with Crippen molar-refractivity contribution in [3.63, 3.8) is 0 Å². The first kappa shape index (κ1) is 17.6. The largest absolute Gasteiger partial charge is 1.00 e. The SMILES string of the molecule is Cc1c(Cl)cc(NC(=O)Cn2cc[n+](C)c2)c(O)c1Cl.[Cl-]. The van der Waals surface area contributed by atoms with Gasteiger partial charge in [0, 0.05) is 5.02 Å². The number of aromatic nitrogens is 2. The van der Waals surface area contributed by atoms with Crippen molar-refractivity contribution in [2.24, 2.45) is 7.05 Å². The van der Waals surface area contributed by atoms with E-state index in [1.165, 1.54) is 6.07 Å². The molecule has 0 bridgehead atoms. The predicted molar refractivity (Wildman–Crippen MR) is 77.1 cm³/mol. The number of imidazole rings is 1. The van der Waals surface area contributed by atoms with Crippen molar-refractivity contribution >= 4 is 34.8 Å².